The third kappa shape index (κ3) is 3.86. The lowest BCUT2D eigenvalue weighted by Gasteiger charge is -2.18. The molecule has 0 saturated carbocycles. The highest BCUT2D eigenvalue weighted by Crippen LogP contribution is 2.37. The second-order valence-corrected chi connectivity index (χ2v) is 5.69. The largest absolute Gasteiger partial charge is 0.493 e. The molecule has 144 valence electrons. The van der Waals surface area contributed by atoms with Crippen LogP contribution in [-0.4, -0.2) is 44.9 Å². The van der Waals surface area contributed by atoms with Crippen LogP contribution in [0.4, 0.5) is 0 Å². The van der Waals surface area contributed by atoms with E-state index in [0.29, 0.717) is 40.6 Å². The predicted octanol–water partition coefficient (Wildman–Crippen LogP) is 3.35. The summed E-state index contributed by atoms with van der Waals surface area (Å²) in [5, 5.41) is 0. The van der Waals surface area contributed by atoms with Crippen molar-refractivity contribution < 1.29 is 28.5 Å². The summed E-state index contributed by atoms with van der Waals surface area (Å²) < 4.78 is 20.8. The molecule has 1 aromatic heterocycles. The van der Waals surface area contributed by atoms with Crippen molar-refractivity contribution in [2.75, 3.05) is 27.9 Å². The van der Waals surface area contributed by atoms with Crippen LogP contribution in [0.25, 0.3) is 11.1 Å². The third-order valence-electron chi connectivity index (χ3n) is 4.09. The number of esters is 2. The van der Waals surface area contributed by atoms with Crippen LogP contribution in [0.15, 0.2) is 18.2 Å². The Bertz CT molecular complexity index is 835. The van der Waals surface area contributed by atoms with E-state index < -0.39 is 11.9 Å². The van der Waals surface area contributed by atoms with Crippen molar-refractivity contribution in [2.45, 2.75) is 20.8 Å². The van der Waals surface area contributed by atoms with Crippen LogP contribution >= 0.6 is 0 Å². The van der Waals surface area contributed by atoms with Crippen molar-refractivity contribution in [3.05, 3.63) is 40.7 Å². The number of hydrogen-bond acceptors (Lipinski definition) is 7. The van der Waals surface area contributed by atoms with Crippen molar-refractivity contribution in [3.8, 4) is 22.6 Å². The Morgan fingerprint density at radius 1 is 0.926 bits per heavy atom. The van der Waals surface area contributed by atoms with E-state index in [0.717, 1.165) is 0 Å². The molecule has 2 rings (SSSR count). The number of aromatic nitrogens is 1. The number of carbonyl (C=O) groups excluding carboxylic acids is 2. The van der Waals surface area contributed by atoms with Crippen molar-refractivity contribution in [3.63, 3.8) is 0 Å². The maximum atomic E-state index is 12.5. The van der Waals surface area contributed by atoms with E-state index in [2.05, 4.69) is 4.98 Å². The van der Waals surface area contributed by atoms with Gasteiger partial charge in [-0.05, 0) is 38.5 Å². The molecule has 1 heterocycles. The Labute approximate surface area is 158 Å². The van der Waals surface area contributed by atoms with E-state index >= 15 is 0 Å². The van der Waals surface area contributed by atoms with Crippen LogP contribution in [0, 0.1) is 13.8 Å². The van der Waals surface area contributed by atoms with Crippen LogP contribution in [0.2, 0.25) is 0 Å². The van der Waals surface area contributed by atoms with Gasteiger partial charge in [-0.2, -0.15) is 0 Å². The van der Waals surface area contributed by atoms with E-state index in [4.69, 9.17) is 18.9 Å². The topological polar surface area (TPSA) is 84.0 Å². The number of carbonyl (C=O) groups is 2. The normalized spacial score (nSPS) is 10.3. The maximum Gasteiger partial charge on any atom is 0.340 e. The molecule has 0 aliphatic heterocycles. The number of benzene rings is 1. The third-order valence-corrected chi connectivity index (χ3v) is 4.09. The lowest BCUT2D eigenvalue weighted by Crippen LogP contribution is -2.16. The number of nitrogens with zero attached hydrogens (tertiary/aromatic N) is 1. The van der Waals surface area contributed by atoms with E-state index in [-0.39, 0.29) is 11.1 Å². The fourth-order valence-corrected chi connectivity index (χ4v) is 2.94. The fraction of sp³-hybridized carbons (Fsp3) is 0.350. The Balaban J connectivity index is 2.88. The molecule has 0 N–H and O–H groups in total. The van der Waals surface area contributed by atoms with Gasteiger partial charge in [0.05, 0.1) is 50.5 Å². The van der Waals surface area contributed by atoms with E-state index in [1.54, 1.807) is 32.0 Å². The summed E-state index contributed by atoms with van der Waals surface area (Å²) in [6.45, 7) is 5.73. The first-order valence-electron chi connectivity index (χ1n) is 8.38. The van der Waals surface area contributed by atoms with Gasteiger partial charge in [0.1, 0.15) is 0 Å². The van der Waals surface area contributed by atoms with Crippen LogP contribution in [0.3, 0.4) is 0 Å². The van der Waals surface area contributed by atoms with Crippen LogP contribution in [-0.2, 0) is 9.47 Å². The molecule has 0 bridgehead atoms. The highest BCUT2D eigenvalue weighted by atomic mass is 16.5. The summed E-state index contributed by atoms with van der Waals surface area (Å²) in [6, 6.07) is 5.18. The molecule has 2 aromatic rings. The minimum atomic E-state index is -0.590. The fourth-order valence-electron chi connectivity index (χ4n) is 2.94. The molecule has 0 saturated heterocycles. The number of methoxy groups -OCH3 is 3. The lowest BCUT2D eigenvalue weighted by molar-refractivity contribution is 0.0599. The Morgan fingerprint density at radius 2 is 1.48 bits per heavy atom. The Morgan fingerprint density at radius 3 is 1.93 bits per heavy atom. The standard InChI is InChI=1S/C20H23NO6/c1-7-27-14-9-8-13(10-15(14)24-4)18-16(19(22)25-5)11(2)21-12(3)17(18)20(23)26-6/h8-10H,7H2,1-6H3. The first-order chi connectivity index (χ1) is 12.9. The first-order valence-corrected chi connectivity index (χ1v) is 8.38. The number of rotatable bonds is 6. The Kier molecular flexibility index (Phi) is 6.39. The van der Waals surface area contributed by atoms with E-state index in [1.165, 1.54) is 21.3 Å². The van der Waals surface area contributed by atoms with Gasteiger partial charge in [-0.25, -0.2) is 9.59 Å². The summed E-state index contributed by atoms with van der Waals surface area (Å²) in [5.41, 5.74) is 2.29. The van der Waals surface area contributed by atoms with Gasteiger partial charge in [-0.15, -0.1) is 0 Å². The van der Waals surface area contributed by atoms with Crippen molar-refractivity contribution >= 4 is 11.9 Å². The maximum absolute atomic E-state index is 12.5. The second-order valence-electron chi connectivity index (χ2n) is 5.69. The SMILES string of the molecule is CCOc1ccc(-c2c(C(=O)OC)c(C)nc(C)c2C(=O)OC)cc1OC. The summed E-state index contributed by atoms with van der Waals surface area (Å²) in [5.74, 6) is -0.139. The molecule has 0 spiro atoms. The van der Waals surface area contributed by atoms with Gasteiger partial charge in [-0.1, -0.05) is 6.07 Å². The van der Waals surface area contributed by atoms with Crippen molar-refractivity contribution in [2.24, 2.45) is 0 Å². The molecule has 0 unspecified atom stereocenters. The average molecular weight is 373 g/mol. The summed E-state index contributed by atoms with van der Waals surface area (Å²) >= 11 is 0. The zero-order valence-electron chi connectivity index (χ0n) is 16.3. The second kappa shape index (κ2) is 8.53. The summed E-state index contributed by atoms with van der Waals surface area (Å²) in [7, 11) is 4.08. The molecule has 27 heavy (non-hydrogen) atoms. The van der Waals surface area contributed by atoms with Gasteiger partial charge < -0.3 is 18.9 Å². The van der Waals surface area contributed by atoms with Crippen molar-refractivity contribution in [1.29, 1.82) is 0 Å². The summed E-state index contributed by atoms with van der Waals surface area (Å²) in [4.78, 5) is 29.2. The quantitative estimate of drug-likeness (QED) is 0.718. The minimum absolute atomic E-state index is 0.203. The molecule has 1 aromatic carbocycles. The molecule has 0 atom stereocenters. The van der Waals surface area contributed by atoms with E-state index in [9.17, 15) is 9.59 Å². The first kappa shape index (κ1) is 20.2. The molecule has 7 nitrogen and oxygen atoms in total. The van der Waals surface area contributed by atoms with Gasteiger partial charge in [-0.3, -0.25) is 4.98 Å². The van der Waals surface area contributed by atoms with Crippen LogP contribution < -0.4 is 9.47 Å². The molecule has 0 aliphatic carbocycles. The lowest BCUT2D eigenvalue weighted by atomic mass is 9.92. The number of aryl methyl sites for hydroxylation is 2. The van der Waals surface area contributed by atoms with Gasteiger partial charge in [0, 0.05) is 5.56 Å². The summed E-state index contributed by atoms with van der Waals surface area (Å²) in [6.07, 6.45) is 0. The molecule has 0 amide bonds. The van der Waals surface area contributed by atoms with Gasteiger partial charge >= 0.3 is 11.9 Å². The Hall–Kier alpha value is -3.09. The smallest absolute Gasteiger partial charge is 0.340 e. The molecule has 0 fully saturated rings. The zero-order chi connectivity index (χ0) is 20.1. The van der Waals surface area contributed by atoms with Gasteiger partial charge in [0.2, 0.25) is 0 Å². The molecule has 7 heteroatoms. The molecular weight excluding hydrogens is 350 g/mol. The monoisotopic (exact) mass is 373 g/mol. The number of ether oxygens (including phenoxy) is 4. The zero-order valence-corrected chi connectivity index (χ0v) is 16.3. The molecule has 0 radical (unpaired) electrons. The van der Waals surface area contributed by atoms with Gasteiger partial charge in [0.25, 0.3) is 0 Å². The molecular formula is C20H23NO6. The van der Waals surface area contributed by atoms with Gasteiger partial charge in [0.15, 0.2) is 11.5 Å². The number of pyridine rings is 1. The van der Waals surface area contributed by atoms with Crippen LogP contribution in [0.1, 0.15) is 39.0 Å². The highest BCUT2D eigenvalue weighted by molar-refractivity contribution is 6.07. The van der Waals surface area contributed by atoms with E-state index in [1.807, 2.05) is 6.92 Å². The van der Waals surface area contributed by atoms with Crippen LogP contribution in [0.5, 0.6) is 11.5 Å². The number of hydrogen-bond donors (Lipinski definition) is 0. The molecule has 0 aliphatic rings. The average Bonchev–Trinajstić information content (AvgIpc) is 2.66. The van der Waals surface area contributed by atoms with Crippen molar-refractivity contribution in [1.82, 2.24) is 4.98 Å². The predicted molar refractivity (Wildman–Crippen MR) is 99.5 cm³/mol. The highest BCUT2D eigenvalue weighted by Gasteiger charge is 2.27. The minimum Gasteiger partial charge on any atom is -0.493 e.